The summed E-state index contributed by atoms with van der Waals surface area (Å²) < 4.78 is 78.4. The number of alkyl carbamates (subject to hydrolysis) is 2. The van der Waals surface area contributed by atoms with E-state index < -0.39 is 56.4 Å². The lowest BCUT2D eigenvalue weighted by Crippen LogP contribution is -2.41. The summed E-state index contributed by atoms with van der Waals surface area (Å²) in [5.74, 6) is -1.64. The van der Waals surface area contributed by atoms with E-state index in [2.05, 4.69) is 46.0 Å². The number of thiazole rings is 2. The molecule has 7 rings (SSSR count). The van der Waals surface area contributed by atoms with E-state index >= 15 is 0 Å². The van der Waals surface area contributed by atoms with Gasteiger partial charge in [0.25, 0.3) is 0 Å². The van der Waals surface area contributed by atoms with Gasteiger partial charge in [0.15, 0.2) is 0 Å². The number of hydrogen-bond donors (Lipinski definition) is 6. The van der Waals surface area contributed by atoms with Crippen molar-refractivity contribution in [3.63, 3.8) is 0 Å². The zero-order valence-electron chi connectivity index (χ0n) is 44.4. The van der Waals surface area contributed by atoms with Crippen molar-refractivity contribution in [1.29, 1.82) is 0 Å². The molecule has 6 N–H and O–H groups in total. The van der Waals surface area contributed by atoms with Gasteiger partial charge in [0.2, 0.25) is 20.0 Å². The molecule has 4 aromatic rings. The minimum Gasteiger partial charge on any atom is -0.478 e. The van der Waals surface area contributed by atoms with Crippen LogP contribution in [-0.4, -0.2) is 117 Å². The Morgan fingerprint density at radius 3 is 1.53 bits per heavy atom. The van der Waals surface area contributed by atoms with Gasteiger partial charge in [-0.1, -0.05) is 26.0 Å². The Hall–Kier alpha value is -4.54. The predicted molar refractivity (Wildman–Crippen MR) is 295 cm³/mol. The molecule has 2 saturated carbocycles. The fourth-order valence-electron chi connectivity index (χ4n) is 8.54. The number of nitrogens with zero attached hydrogens (tertiary/aromatic N) is 2. The highest BCUT2D eigenvalue weighted by molar-refractivity contribution is 9.11. The number of amides is 2. The van der Waals surface area contributed by atoms with Gasteiger partial charge in [-0.3, -0.25) is 0 Å². The number of sulfonamides is 2. The molecule has 2 amide bonds. The topological polar surface area (TPSA) is 288 Å². The number of carboxylic acids is 2. The Balaban J connectivity index is 0.000000219. The summed E-state index contributed by atoms with van der Waals surface area (Å²) in [7, 11) is -8.66. The largest absolute Gasteiger partial charge is 0.496 e. The highest BCUT2D eigenvalue weighted by Gasteiger charge is 2.53. The van der Waals surface area contributed by atoms with Crippen molar-refractivity contribution >= 4 is 95.4 Å². The van der Waals surface area contributed by atoms with Crippen LogP contribution >= 0.6 is 38.6 Å². The van der Waals surface area contributed by atoms with Crippen molar-refractivity contribution in [1.82, 2.24) is 30.0 Å². The summed E-state index contributed by atoms with van der Waals surface area (Å²) in [6.45, 7) is 18.4. The smallest absolute Gasteiger partial charge is 0.478 e. The number of aromatic nitrogens is 2. The van der Waals surface area contributed by atoms with Gasteiger partial charge in [0, 0.05) is 54.2 Å². The second-order valence-corrected chi connectivity index (χ2v) is 27.0. The maximum atomic E-state index is 12.7. The molecule has 2 aliphatic carbocycles. The Kier molecular flexibility index (Phi) is 22.0. The first kappa shape index (κ1) is 62.3. The quantitative estimate of drug-likeness (QED) is 0.0570. The fourth-order valence-corrected chi connectivity index (χ4v) is 13.7. The molecule has 0 spiro atoms. The normalized spacial score (nSPS) is 20.1. The van der Waals surface area contributed by atoms with Gasteiger partial charge in [-0.2, -0.15) is 0 Å². The molecule has 3 aliphatic rings. The van der Waals surface area contributed by atoms with Gasteiger partial charge in [-0.25, -0.2) is 55.4 Å². The highest BCUT2D eigenvalue weighted by Crippen LogP contribution is 2.41. The number of carbonyl (C=O) groups excluding carboxylic acids is 2. The minimum atomic E-state index is -3.88. The number of carboxylic acid groups (broad SMARTS) is 2. The van der Waals surface area contributed by atoms with E-state index in [1.54, 1.807) is 45.2 Å². The van der Waals surface area contributed by atoms with Crippen LogP contribution in [0.15, 0.2) is 62.4 Å². The Morgan fingerprint density at radius 2 is 1.11 bits per heavy atom. The number of benzene rings is 2. The summed E-state index contributed by atoms with van der Waals surface area (Å²) in [4.78, 5) is 55.3. The number of carbonyl (C=O) groups is 4. The number of nitrogens with one attached hydrogen (secondary N) is 4. The lowest BCUT2D eigenvalue weighted by molar-refractivity contribution is 0.00578. The van der Waals surface area contributed by atoms with Gasteiger partial charge in [0.1, 0.15) is 0 Å². The lowest BCUT2D eigenvalue weighted by atomic mass is 9.78. The zero-order chi connectivity index (χ0) is 56.3. The predicted octanol–water partition coefficient (Wildman–Crippen LogP) is 9.02. The number of ether oxygens (including phenoxy) is 2. The number of rotatable bonds is 16. The van der Waals surface area contributed by atoms with Crippen molar-refractivity contribution in [2.45, 2.75) is 178 Å². The van der Waals surface area contributed by atoms with E-state index in [-0.39, 0.29) is 75.8 Å². The third-order valence-electron chi connectivity index (χ3n) is 13.0. The van der Waals surface area contributed by atoms with Crippen LogP contribution in [0.4, 0.5) is 9.59 Å². The molecular weight excluding hydrogens is 1130 g/mol. The first-order valence-corrected chi connectivity index (χ1v) is 30.6. The molecule has 2 aromatic heterocycles. The SMILES string of the molecule is CC(C)OC(=O)NC1CCC(c2ncc(Br)s2)CC1.CCNS(=O)(=O)c1cc(C(=O)O)ccc1-c1cnc(C2CCC(NC(=O)OC(C)C)CC2)s1.CCNS(=O)(=O)c1cc(C(=O)O)ccc1B1OC(C)(C)C(C)(C)O1. The molecule has 2 aromatic carbocycles. The molecule has 76 heavy (non-hydrogen) atoms. The minimum absolute atomic E-state index is 0.0624. The van der Waals surface area contributed by atoms with Crippen molar-refractivity contribution < 1.29 is 65.0 Å². The van der Waals surface area contributed by atoms with Gasteiger partial charge in [0.05, 0.1) is 69.2 Å². The summed E-state index contributed by atoms with van der Waals surface area (Å²) in [5.41, 5.74) is -0.783. The molecule has 0 atom stereocenters. The highest BCUT2D eigenvalue weighted by atomic mass is 79.9. The number of hydrogen-bond acceptors (Lipinski definition) is 16. The van der Waals surface area contributed by atoms with E-state index in [0.717, 1.165) is 66.2 Å². The molecule has 26 heteroatoms. The van der Waals surface area contributed by atoms with Crippen LogP contribution < -0.4 is 25.5 Å². The van der Waals surface area contributed by atoms with E-state index in [0.29, 0.717) is 16.4 Å². The van der Waals surface area contributed by atoms with Gasteiger partial charge in [-0.05, 0) is 147 Å². The van der Waals surface area contributed by atoms with Crippen LogP contribution in [0.2, 0.25) is 0 Å². The molecule has 0 radical (unpaired) electrons. The molecule has 0 bridgehead atoms. The van der Waals surface area contributed by atoms with E-state index in [1.165, 1.54) is 46.7 Å². The molecule has 1 aliphatic heterocycles. The van der Waals surface area contributed by atoms with E-state index in [1.807, 2.05) is 47.7 Å². The number of aromatic carboxylic acids is 2. The fraction of sp³-hybridized carbons (Fsp3) is 0.560. The van der Waals surface area contributed by atoms with Crippen molar-refractivity contribution in [2.75, 3.05) is 13.1 Å². The third-order valence-corrected chi connectivity index (χ3v) is 19.0. The molecule has 3 fully saturated rings. The first-order chi connectivity index (χ1) is 35.6. The standard InChI is InChI=1S/C22H29N3O6S2.C15H22BNO6S.C13H19BrN2O2S/c1-4-24-33(29,30)19-11-15(21(26)27)7-10-17(19)18-12-23-20(32-18)14-5-8-16(9-6-14)25-22(28)31-13(2)3;1-6-17-24(20,21)12-9-10(13(18)19)7-8-11(12)16-22-14(2,3)15(4,5)23-16;1-8(2)18-13(17)16-10-5-3-9(4-6-10)12-15-7-11(14)19-12/h7,10-14,16,24H,4-6,8-9H2,1-3H3,(H,25,28)(H,26,27);7-9,17H,6H2,1-5H3,(H,18,19);7-10H,3-6H2,1-2H3,(H,16,17). The van der Waals surface area contributed by atoms with E-state index in [9.17, 15) is 41.1 Å². The zero-order valence-corrected chi connectivity index (χ0v) is 49.3. The van der Waals surface area contributed by atoms with Gasteiger partial charge in [-0.15, -0.1) is 22.7 Å². The average Bonchev–Trinajstić information content (AvgIpc) is 4.06. The molecule has 0 unspecified atom stereocenters. The molecule has 418 valence electrons. The molecule has 3 heterocycles. The second kappa shape index (κ2) is 26.9. The first-order valence-electron chi connectivity index (χ1n) is 25.2. The summed E-state index contributed by atoms with van der Waals surface area (Å²) in [6, 6.07) is 8.30. The number of halogens is 1. The summed E-state index contributed by atoms with van der Waals surface area (Å²) >= 11 is 6.58. The third kappa shape index (κ3) is 17.0. The molecular formula is C50H70BBrN6O14S4. The summed E-state index contributed by atoms with van der Waals surface area (Å²) in [6.07, 6.45) is 10.0. The molecule has 20 nitrogen and oxygen atoms in total. The van der Waals surface area contributed by atoms with Crippen LogP contribution in [0.3, 0.4) is 0 Å². The Bertz CT molecular complexity index is 2870. The summed E-state index contributed by atoms with van der Waals surface area (Å²) in [5, 5.41) is 26.4. The lowest BCUT2D eigenvalue weighted by Gasteiger charge is -2.32. The van der Waals surface area contributed by atoms with Crippen LogP contribution in [0.1, 0.15) is 163 Å². The van der Waals surface area contributed by atoms with Crippen molar-refractivity contribution in [2.24, 2.45) is 0 Å². The van der Waals surface area contributed by atoms with Crippen LogP contribution in [-0.2, 0) is 38.8 Å². The van der Waals surface area contributed by atoms with E-state index in [4.69, 9.17) is 23.9 Å². The Labute approximate surface area is 462 Å². The van der Waals surface area contributed by atoms with Crippen LogP contribution in [0.25, 0.3) is 10.4 Å². The van der Waals surface area contributed by atoms with Gasteiger partial charge < -0.3 is 39.6 Å². The second-order valence-electron chi connectivity index (χ2n) is 20.0. The van der Waals surface area contributed by atoms with Crippen LogP contribution in [0, 0.1) is 0 Å². The maximum Gasteiger partial charge on any atom is 0.496 e. The monoisotopic (exact) mass is 1200 g/mol. The Morgan fingerprint density at radius 1 is 0.684 bits per heavy atom. The molecule has 1 saturated heterocycles. The van der Waals surface area contributed by atoms with Crippen molar-refractivity contribution in [3.8, 4) is 10.4 Å². The maximum absolute atomic E-state index is 12.7. The average molecular weight is 1200 g/mol. The van der Waals surface area contributed by atoms with Crippen LogP contribution in [0.5, 0.6) is 0 Å². The van der Waals surface area contributed by atoms with Crippen molar-refractivity contribution in [3.05, 3.63) is 73.7 Å². The van der Waals surface area contributed by atoms with Gasteiger partial charge >= 0.3 is 31.2 Å².